The lowest BCUT2D eigenvalue weighted by atomic mass is 9.95. The molecule has 6 unspecified atom stereocenters. The van der Waals surface area contributed by atoms with Gasteiger partial charge < -0.3 is 29.6 Å². The molecule has 2 aliphatic heterocycles. The maximum Gasteiger partial charge on any atom is 0.315 e. The highest BCUT2D eigenvalue weighted by molar-refractivity contribution is 6.11. The van der Waals surface area contributed by atoms with E-state index >= 15 is 0 Å². The van der Waals surface area contributed by atoms with Crippen molar-refractivity contribution in [3.8, 4) is 0 Å². The Bertz CT molecular complexity index is 455. The van der Waals surface area contributed by atoms with Crippen molar-refractivity contribution >= 4 is 21.7 Å². The fourth-order valence-corrected chi connectivity index (χ4v) is 3.56. The average molecular weight is 368 g/mol. The molecule has 2 fully saturated rings. The van der Waals surface area contributed by atoms with E-state index in [1.165, 1.54) is 0 Å². The number of amides is 2. The Morgan fingerprint density at radius 1 is 1.08 bits per heavy atom. The number of hydrogen-bond donors (Lipinski definition) is 2. The first kappa shape index (κ1) is 21.5. The van der Waals surface area contributed by atoms with Gasteiger partial charge in [-0.15, -0.1) is 0 Å². The van der Waals surface area contributed by atoms with E-state index < -0.39 is 0 Å². The topological polar surface area (TPSA) is 78.1 Å². The zero-order valence-electron chi connectivity index (χ0n) is 17.0. The number of carbonyl (C=O) groups excluding carboxylic acids is 1. The molecule has 0 aromatic heterocycles. The van der Waals surface area contributed by atoms with Crippen LogP contribution in [0.4, 0.5) is 4.79 Å². The van der Waals surface area contributed by atoms with Gasteiger partial charge in [0.15, 0.2) is 0 Å². The summed E-state index contributed by atoms with van der Waals surface area (Å²) in [6.45, 7) is 8.93. The van der Waals surface area contributed by atoms with Crippen LogP contribution >= 0.6 is 0 Å². The van der Waals surface area contributed by atoms with Gasteiger partial charge in [0.05, 0.1) is 31.0 Å². The first-order valence-corrected chi connectivity index (χ1v) is 9.87. The zero-order valence-corrected chi connectivity index (χ0v) is 17.0. The number of hydrogen-bond acceptors (Lipinski definition) is 5. The molecule has 6 atom stereocenters. The predicted octanol–water partition coefficient (Wildman–Crippen LogP) is -0.631. The van der Waals surface area contributed by atoms with Gasteiger partial charge in [0.2, 0.25) is 0 Å². The van der Waals surface area contributed by atoms with Crippen LogP contribution in [0.3, 0.4) is 0 Å². The van der Waals surface area contributed by atoms with Gasteiger partial charge in [-0.05, 0) is 40.5 Å². The van der Waals surface area contributed by atoms with E-state index in [0.717, 1.165) is 12.8 Å². The molecule has 2 rings (SSSR count). The van der Waals surface area contributed by atoms with Gasteiger partial charge >= 0.3 is 6.03 Å². The molecule has 0 saturated carbocycles. The molecule has 2 aliphatic rings. The van der Waals surface area contributed by atoms with Crippen molar-refractivity contribution in [2.24, 2.45) is 0 Å². The van der Waals surface area contributed by atoms with E-state index in [4.69, 9.17) is 18.9 Å². The molecule has 0 aromatic carbocycles. The van der Waals surface area contributed by atoms with Crippen molar-refractivity contribution in [3.63, 3.8) is 0 Å². The molecular formula is C17H34B2N2O5. The summed E-state index contributed by atoms with van der Waals surface area (Å²) in [7, 11) is 4.05. The third-order valence-electron chi connectivity index (χ3n) is 4.65. The first-order chi connectivity index (χ1) is 12.2. The van der Waals surface area contributed by atoms with Crippen LogP contribution in [0.1, 0.15) is 40.5 Å². The molecule has 26 heavy (non-hydrogen) atoms. The van der Waals surface area contributed by atoms with E-state index in [1.807, 2.05) is 43.4 Å². The summed E-state index contributed by atoms with van der Waals surface area (Å²) in [5, 5.41) is 5.95. The number of rotatable bonds is 8. The molecular weight excluding hydrogens is 334 g/mol. The van der Waals surface area contributed by atoms with Crippen molar-refractivity contribution < 1.29 is 23.7 Å². The van der Waals surface area contributed by atoms with E-state index in [0.29, 0.717) is 13.2 Å². The molecule has 7 nitrogen and oxygen atoms in total. The van der Waals surface area contributed by atoms with Gasteiger partial charge in [-0.25, -0.2) is 4.79 Å². The van der Waals surface area contributed by atoms with Crippen LogP contribution in [0.5, 0.6) is 0 Å². The average Bonchev–Trinajstić information content (AvgIpc) is 3.04. The Hall–Kier alpha value is -0.760. The van der Waals surface area contributed by atoms with Crippen molar-refractivity contribution in [2.75, 3.05) is 13.2 Å². The Balaban J connectivity index is 1.78. The van der Waals surface area contributed by atoms with Crippen LogP contribution in [0.2, 0.25) is 0 Å². The molecule has 0 aliphatic carbocycles. The zero-order chi connectivity index (χ0) is 19.3. The number of ether oxygens (including phenoxy) is 4. The second-order valence-electron chi connectivity index (χ2n) is 8.01. The standard InChI is InChI=1S/C17H34B2N2O5/c1-9(2)23-8-14-11(5-15(18)26-14)21-17(22)20-7-13-12(24-10(3)4)6-16(19)25-13/h9-16H,5-8,18-19H2,1-4H3,(H2,20,21,22). The Morgan fingerprint density at radius 2 is 1.73 bits per heavy atom. The molecule has 0 radical (unpaired) electrons. The molecule has 2 amide bonds. The fraction of sp³-hybridized carbons (Fsp3) is 0.941. The molecule has 0 spiro atoms. The maximum atomic E-state index is 12.3. The predicted molar refractivity (Wildman–Crippen MR) is 105 cm³/mol. The van der Waals surface area contributed by atoms with Crippen LogP contribution < -0.4 is 10.6 Å². The van der Waals surface area contributed by atoms with Crippen molar-refractivity contribution in [1.82, 2.24) is 10.6 Å². The van der Waals surface area contributed by atoms with Crippen LogP contribution in [-0.2, 0) is 18.9 Å². The molecule has 2 saturated heterocycles. The number of nitrogens with one attached hydrogen (secondary N) is 2. The summed E-state index contributed by atoms with van der Waals surface area (Å²) >= 11 is 0. The summed E-state index contributed by atoms with van der Waals surface area (Å²) in [4.78, 5) is 12.3. The molecule has 9 heteroatoms. The second-order valence-corrected chi connectivity index (χ2v) is 8.01. The first-order valence-electron chi connectivity index (χ1n) is 9.87. The molecule has 2 N–H and O–H groups in total. The van der Waals surface area contributed by atoms with E-state index in [9.17, 15) is 4.79 Å². The molecule has 0 aromatic rings. The quantitative estimate of drug-likeness (QED) is 0.558. The van der Waals surface area contributed by atoms with E-state index in [2.05, 4.69) is 10.6 Å². The largest absolute Gasteiger partial charge is 0.379 e. The lowest BCUT2D eigenvalue weighted by Gasteiger charge is -2.24. The third-order valence-corrected chi connectivity index (χ3v) is 4.65. The van der Waals surface area contributed by atoms with Crippen LogP contribution in [0, 0.1) is 0 Å². The SMILES string of the molecule is BC1CC(NC(=O)NCC2OC(B)CC2OC(C)C)C(COC(C)C)O1. The lowest BCUT2D eigenvalue weighted by Crippen LogP contribution is -2.49. The van der Waals surface area contributed by atoms with Gasteiger partial charge in [-0.3, -0.25) is 0 Å². The Morgan fingerprint density at radius 3 is 2.38 bits per heavy atom. The van der Waals surface area contributed by atoms with Gasteiger partial charge in [-0.1, -0.05) is 0 Å². The van der Waals surface area contributed by atoms with Crippen LogP contribution in [0.25, 0.3) is 0 Å². The molecule has 0 bridgehead atoms. The number of urea groups is 1. The molecule has 2 heterocycles. The lowest BCUT2D eigenvalue weighted by molar-refractivity contribution is -0.0379. The number of carbonyl (C=O) groups is 1. The van der Waals surface area contributed by atoms with Gasteiger partial charge in [-0.2, -0.15) is 0 Å². The van der Waals surface area contributed by atoms with E-state index in [1.54, 1.807) is 0 Å². The Kier molecular flexibility index (Phi) is 8.26. The summed E-state index contributed by atoms with van der Waals surface area (Å²) in [6, 6.07) is 0.0164. The minimum absolute atomic E-state index is 0.0207. The summed E-state index contributed by atoms with van der Waals surface area (Å²) in [5.41, 5.74) is 0. The third kappa shape index (κ3) is 6.76. The highest BCUT2D eigenvalue weighted by Gasteiger charge is 2.36. The minimum atomic E-state index is -0.200. The second kappa shape index (κ2) is 9.97. The highest BCUT2D eigenvalue weighted by atomic mass is 16.6. The van der Waals surface area contributed by atoms with E-state index in [-0.39, 0.29) is 54.6 Å². The van der Waals surface area contributed by atoms with Crippen molar-refractivity contribution in [3.05, 3.63) is 0 Å². The minimum Gasteiger partial charge on any atom is -0.379 e. The van der Waals surface area contributed by atoms with Crippen LogP contribution in [0.15, 0.2) is 0 Å². The fourth-order valence-electron chi connectivity index (χ4n) is 3.56. The maximum absolute atomic E-state index is 12.3. The van der Waals surface area contributed by atoms with Gasteiger partial charge in [0.1, 0.15) is 27.9 Å². The van der Waals surface area contributed by atoms with Crippen LogP contribution in [-0.4, -0.2) is 83.4 Å². The van der Waals surface area contributed by atoms with Crippen molar-refractivity contribution in [1.29, 1.82) is 0 Å². The summed E-state index contributed by atoms with van der Waals surface area (Å²) in [6.07, 6.45) is 1.72. The monoisotopic (exact) mass is 368 g/mol. The smallest absolute Gasteiger partial charge is 0.315 e. The summed E-state index contributed by atoms with van der Waals surface area (Å²) in [5.74, 6) is 0. The van der Waals surface area contributed by atoms with Crippen molar-refractivity contribution in [2.45, 2.75) is 89.1 Å². The van der Waals surface area contributed by atoms with Gasteiger partial charge in [0, 0.05) is 18.6 Å². The Labute approximate surface area is 159 Å². The van der Waals surface area contributed by atoms with Gasteiger partial charge in [0.25, 0.3) is 0 Å². The highest BCUT2D eigenvalue weighted by Crippen LogP contribution is 2.23. The molecule has 148 valence electrons. The normalized spacial score (nSPS) is 34.5. The summed E-state index contributed by atoms with van der Waals surface area (Å²) < 4.78 is 23.3.